The summed E-state index contributed by atoms with van der Waals surface area (Å²) in [6.45, 7) is 3.10. The molecule has 1 heterocycles. The molecule has 3 rings (SSSR count). The molecule has 2 aromatic carbocycles. The predicted octanol–water partition coefficient (Wildman–Crippen LogP) is 4.57. The number of nitrogens with zero attached hydrogens (tertiary/aromatic N) is 1. The number of carbonyl (C=O) groups excluding carboxylic acids is 2. The Morgan fingerprint density at radius 3 is 2.23 bits per heavy atom. The number of benzene rings is 2. The Hall–Kier alpha value is -3.08. The van der Waals surface area contributed by atoms with Crippen LogP contribution in [0.4, 0.5) is 0 Å². The van der Waals surface area contributed by atoms with Crippen LogP contribution in [-0.4, -0.2) is 43.1 Å². The van der Waals surface area contributed by atoms with Crippen LogP contribution in [0.3, 0.4) is 0 Å². The molecule has 1 unspecified atom stereocenters. The highest BCUT2D eigenvalue weighted by atomic mass is 16.5. The summed E-state index contributed by atoms with van der Waals surface area (Å²) in [5.41, 5.74) is 1.88. The third kappa shape index (κ3) is 5.50. The summed E-state index contributed by atoms with van der Waals surface area (Å²) in [4.78, 5) is 27.7. The number of likely N-dealkylation sites (tertiary alicyclic amines) is 1. The van der Waals surface area contributed by atoms with Gasteiger partial charge in [-0.15, -0.1) is 0 Å². The fraction of sp³-hybridized carbons (Fsp3) is 0.360. The van der Waals surface area contributed by atoms with Crippen molar-refractivity contribution < 1.29 is 19.1 Å². The lowest BCUT2D eigenvalue weighted by atomic mass is 10.0. The number of hydrogen-bond donors (Lipinski definition) is 0. The van der Waals surface area contributed by atoms with Crippen LogP contribution in [0.5, 0.6) is 5.75 Å². The standard InChI is InChI=1S/C25H29NO4/c1-19(24(27)26-16-10-3-4-11-17-26)30-25(28)22(20-12-6-5-7-13-20)18-21-14-8-9-15-23(21)29-2/h5-9,12-15,18-19H,3-4,10-11,16-17H2,1-2H3/b22-18+. The number of para-hydroxylation sites is 1. The third-order valence-electron chi connectivity index (χ3n) is 5.29. The molecule has 30 heavy (non-hydrogen) atoms. The van der Waals surface area contributed by atoms with E-state index in [-0.39, 0.29) is 5.91 Å². The van der Waals surface area contributed by atoms with E-state index in [0.717, 1.165) is 49.9 Å². The van der Waals surface area contributed by atoms with Crippen molar-refractivity contribution in [3.63, 3.8) is 0 Å². The van der Waals surface area contributed by atoms with E-state index in [2.05, 4.69) is 0 Å². The van der Waals surface area contributed by atoms with Gasteiger partial charge in [0.05, 0.1) is 12.7 Å². The normalized spacial score (nSPS) is 15.8. The number of carbonyl (C=O) groups is 2. The molecule has 1 amide bonds. The Morgan fingerprint density at radius 2 is 1.57 bits per heavy atom. The second kappa shape index (κ2) is 10.6. The van der Waals surface area contributed by atoms with Crippen molar-refractivity contribution in [1.82, 2.24) is 4.90 Å². The first-order chi connectivity index (χ1) is 14.6. The van der Waals surface area contributed by atoms with Crippen LogP contribution >= 0.6 is 0 Å². The van der Waals surface area contributed by atoms with E-state index >= 15 is 0 Å². The zero-order valence-electron chi connectivity index (χ0n) is 17.7. The molecule has 0 saturated carbocycles. The Kier molecular flexibility index (Phi) is 7.66. The average Bonchev–Trinajstić information content (AvgIpc) is 3.07. The minimum Gasteiger partial charge on any atom is -0.496 e. The van der Waals surface area contributed by atoms with Gasteiger partial charge in [0, 0.05) is 18.7 Å². The maximum Gasteiger partial charge on any atom is 0.339 e. The second-order valence-electron chi connectivity index (χ2n) is 7.45. The van der Waals surface area contributed by atoms with Gasteiger partial charge in [-0.2, -0.15) is 0 Å². The summed E-state index contributed by atoms with van der Waals surface area (Å²) < 4.78 is 11.0. The topological polar surface area (TPSA) is 55.8 Å². The lowest BCUT2D eigenvalue weighted by Gasteiger charge is -2.24. The zero-order valence-corrected chi connectivity index (χ0v) is 17.7. The largest absolute Gasteiger partial charge is 0.496 e. The minimum atomic E-state index is -0.833. The van der Waals surface area contributed by atoms with Gasteiger partial charge in [0.2, 0.25) is 0 Å². The maximum atomic E-state index is 13.1. The summed E-state index contributed by atoms with van der Waals surface area (Å²) >= 11 is 0. The monoisotopic (exact) mass is 407 g/mol. The van der Waals surface area contributed by atoms with E-state index in [1.807, 2.05) is 59.5 Å². The minimum absolute atomic E-state index is 0.130. The van der Waals surface area contributed by atoms with Gasteiger partial charge >= 0.3 is 5.97 Å². The summed E-state index contributed by atoms with van der Waals surface area (Å²) in [7, 11) is 1.59. The van der Waals surface area contributed by atoms with Gasteiger partial charge in [-0.1, -0.05) is 61.4 Å². The molecule has 2 aromatic rings. The third-order valence-corrected chi connectivity index (χ3v) is 5.29. The molecular weight excluding hydrogens is 378 g/mol. The van der Waals surface area contributed by atoms with E-state index in [1.54, 1.807) is 20.1 Å². The van der Waals surface area contributed by atoms with Gasteiger partial charge < -0.3 is 14.4 Å². The van der Waals surface area contributed by atoms with E-state index in [1.165, 1.54) is 0 Å². The highest BCUT2D eigenvalue weighted by molar-refractivity contribution is 6.22. The van der Waals surface area contributed by atoms with Crippen molar-refractivity contribution in [2.24, 2.45) is 0 Å². The van der Waals surface area contributed by atoms with Gasteiger partial charge in [-0.25, -0.2) is 4.79 Å². The first kappa shape index (κ1) is 21.6. The van der Waals surface area contributed by atoms with Crippen LogP contribution < -0.4 is 4.74 Å². The number of ether oxygens (including phenoxy) is 2. The molecule has 5 nitrogen and oxygen atoms in total. The van der Waals surface area contributed by atoms with Crippen molar-refractivity contribution in [2.75, 3.05) is 20.2 Å². The Balaban J connectivity index is 1.84. The van der Waals surface area contributed by atoms with Crippen molar-refractivity contribution in [3.8, 4) is 5.75 Å². The molecule has 5 heteroatoms. The zero-order chi connectivity index (χ0) is 21.3. The van der Waals surface area contributed by atoms with Gasteiger partial charge in [0.1, 0.15) is 5.75 Å². The summed E-state index contributed by atoms with van der Waals surface area (Å²) in [6, 6.07) is 16.8. The number of amides is 1. The van der Waals surface area contributed by atoms with Gasteiger partial charge in [0.25, 0.3) is 5.91 Å². The van der Waals surface area contributed by atoms with Crippen molar-refractivity contribution in [1.29, 1.82) is 0 Å². The van der Waals surface area contributed by atoms with Crippen LogP contribution in [0.15, 0.2) is 54.6 Å². The molecule has 158 valence electrons. The highest BCUT2D eigenvalue weighted by Crippen LogP contribution is 2.26. The lowest BCUT2D eigenvalue weighted by Crippen LogP contribution is -2.40. The molecule has 0 aliphatic carbocycles. The van der Waals surface area contributed by atoms with E-state index in [4.69, 9.17) is 9.47 Å². The summed E-state index contributed by atoms with van der Waals surface area (Å²) in [5.74, 6) is 0.00477. The fourth-order valence-corrected chi connectivity index (χ4v) is 3.64. The molecule has 0 bridgehead atoms. The van der Waals surface area contributed by atoms with E-state index in [9.17, 15) is 9.59 Å². The molecule has 0 aromatic heterocycles. The number of esters is 1. The molecule has 1 saturated heterocycles. The number of methoxy groups -OCH3 is 1. The second-order valence-corrected chi connectivity index (χ2v) is 7.45. The summed E-state index contributed by atoms with van der Waals surface area (Å²) in [6.07, 6.45) is 5.18. The SMILES string of the molecule is COc1ccccc1/C=C(/C(=O)OC(C)C(=O)N1CCCCCC1)c1ccccc1. The Labute approximate surface area is 178 Å². The van der Waals surface area contributed by atoms with E-state index in [0.29, 0.717) is 11.3 Å². The van der Waals surface area contributed by atoms with Crippen LogP contribution in [0.2, 0.25) is 0 Å². The van der Waals surface area contributed by atoms with Crippen molar-refractivity contribution >= 4 is 23.5 Å². The Bertz CT molecular complexity index is 883. The Morgan fingerprint density at radius 1 is 0.933 bits per heavy atom. The maximum absolute atomic E-state index is 13.1. The van der Waals surface area contributed by atoms with Crippen LogP contribution in [0, 0.1) is 0 Å². The molecule has 1 fully saturated rings. The van der Waals surface area contributed by atoms with Gasteiger partial charge in [-0.05, 0) is 37.5 Å². The van der Waals surface area contributed by atoms with Crippen molar-refractivity contribution in [2.45, 2.75) is 38.7 Å². The van der Waals surface area contributed by atoms with Crippen LogP contribution in [0.25, 0.3) is 11.6 Å². The number of hydrogen-bond acceptors (Lipinski definition) is 4. The molecule has 1 atom stereocenters. The van der Waals surface area contributed by atoms with Crippen molar-refractivity contribution in [3.05, 3.63) is 65.7 Å². The lowest BCUT2D eigenvalue weighted by molar-refractivity contribution is -0.154. The predicted molar refractivity (Wildman–Crippen MR) is 118 cm³/mol. The fourth-order valence-electron chi connectivity index (χ4n) is 3.64. The molecule has 1 aliphatic rings. The van der Waals surface area contributed by atoms with Gasteiger partial charge in [-0.3, -0.25) is 4.79 Å². The number of rotatable bonds is 6. The van der Waals surface area contributed by atoms with E-state index < -0.39 is 12.1 Å². The molecule has 0 N–H and O–H groups in total. The molecule has 1 aliphatic heterocycles. The van der Waals surface area contributed by atoms with Crippen LogP contribution in [0.1, 0.15) is 43.7 Å². The highest BCUT2D eigenvalue weighted by Gasteiger charge is 2.26. The quantitative estimate of drug-likeness (QED) is 0.400. The molecular formula is C25H29NO4. The average molecular weight is 408 g/mol. The van der Waals surface area contributed by atoms with Crippen LogP contribution in [-0.2, 0) is 14.3 Å². The first-order valence-corrected chi connectivity index (χ1v) is 10.5. The smallest absolute Gasteiger partial charge is 0.339 e. The molecule has 0 spiro atoms. The van der Waals surface area contributed by atoms with Gasteiger partial charge in [0.15, 0.2) is 6.10 Å². The summed E-state index contributed by atoms with van der Waals surface area (Å²) in [5, 5.41) is 0. The molecule has 0 radical (unpaired) electrons. The first-order valence-electron chi connectivity index (χ1n) is 10.5.